The molecule has 2 atom stereocenters. The number of hydrogen-bond acceptors (Lipinski definition) is 2. The second kappa shape index (κ2) is 3.73. The third-order valence-electron chi connectivity index (χ3n) is 3.55. The normalized spacial score (nSPS) is 32.8. The molecule has 78 valence electrons. The Kier molecular flexibility index (Phi) is 2.59. The maximum atomic E-state index is 10.6. The average molecular weight is 195 g/mol. The van der Waals surface area contributed by atoms with Crippen LogP contribution in [0.5, 0.6) is 0 Å². The summed E-state index contributed by atoms with van der Waals surface area (Å²) in [5.74, 6) is -0.789. The predicted octanol–water partition coefficient (Wildman–Crippen LogP) is 1.64. The van der Waals surface area contributed by atoms with E-state index in [1.165, 1.54) is 25.3 Å². The van der Waals surface area contributed by atoms with E-state index in [0.717, 1.165) is 18.4 Å². The summed E-state index contributed by atoms with van der Waals surface area (Å²) < 4.78 is 0. The summed E-state index contributed by atoms with van der Waals surface area (Å²) in [7, 11) is 2.17. The van der Waals surface area contributed by atoms with Gasteiger partial charge in [-0.1, -0.05) is 12.0 Å². The van der Waals surface area contributed by atoms with Crippen LogP contribution in [0.25, 0.3) is 0 Å². The van der Waals surface area contributed by atoms with Gasteiger partial charge in [-0.2, -0.15) is 0 Å². The van der Waals surface area contributed by atoms with Gasteiger partial charge in [-0.15, -0.1) is 0 Å². The van der Waals surface area contributed by atoms with Gasteiger partial charge >= 0.3 is 5.97 Å². The monoisotopic (exact) mass is 195 g/mol. The summed E-state index contributed by atoms with van der Waals surface area (Å²) in [6, 6.07) is 1.18. The molecule has 0 radical (unpaired) electrons. The fourth-order valence-corrected chi connectivity index (χ4v) is 2.77. The first-order valence-electron chi connectivity index (χ1n) is 5.31. The first kappa shape index (κ1) is 9.71. The third-order valence-corrected chi connectivity index (χ3v) is 3.55. The molecule has 0 spiro atoms. The molecule has 14 heavy (non-hydrogen) atoms. The van der Waals surface area contributed by atoms with Crippen LogP contribution < -0.4 is 0 Å². The minimum atomic E-state index is -0.789. The van der Waals surface area contributed by atoms with Gasteiger partial charge in [0.05, 0.1) is 0 Å². The van der Waals surface area contributed by atoms with Crippen LogP contribution in [0.4, 0.5) is 0 Å². The molecule has 0 aromatic heterocycles. The van der Waals surface area contributed by atoms with E-state index in [1.807, 2.05) is 0 Å². The van der Waals surface area contributed by atoms with E-state index in [-0.39, 0.29) is 0 Å². The number of hydrogen-bond donors (Lipinski definition) is 1. The Morgan fingerprint density at radius 1 is 1.43 bits per heavy atom. The summed E-state index contributed by atoms with van der Waals surface area (Å²) in [4.78, 5) is 13.0. The van der Waals surface area contributed by atoms with Crippen molar-refractivity contribution in [2.45, 2.75) is 44.2 Å². The minimum Gasteiger partial charge on any atom is -0.478 e. The Balaban J connectivity index is 2.11. The van der Waals surface area contributed by atoms with E-state index in [2.05, 4.69) is 11.9 Å². The Labute approximate surface area is 84.4 Å². The molecule has 0 aromatic rings. The van der Waals surface area contributed by atoms with Gasteiger partial charge in [0.15, 0.2) is 0 Å². The molecule has 0 saturated carbocycles. The van der Waals surface area contributed by atoms with Crippen LogP contribution in [-0.2, 0) is 4.79 Å². The molecule has 1 N–H and O–H groups in total. The number of piperidine rings is 2. The fraction of sp³-hybridized carbons (Fsp3) is 0.727. The minimum absolute atomic E-state index is 0.591. The molecule has 0 amide bonds. The average Bonchev–Trinajstić information content (AvgIpc) is 2.05. The molecule has 2 saturated heterocycles. The van der Waals surface area contributed by atoms with Crippen molar-refractivity contribution < 1.29 is 9.90 Å². The zero-order valence-corrected chi connectivity index (χ0v) is 8.57. The number of nitrogens with zero attached hydrogens (tertiary/aromatic N) is 1. The van der Waals surface area contributed by atoms with Crippen molar-refractivity contribution >= 4 is 5.97 Å². The van der Waals surface area contributed by atoms with Gasteiger partial charge < -0.3 is 5.11 Å². The van der Waals surface area contributed by atoms with Crippen LogP contribution in [-0.4, -0.2) is 35.1 Å². The lowest BCUT2D eigenvalue weighted by Crippen LogP contribution is -2.47. The van der Waals surface area contributed by atoms with Crippen molar-refractivity contribution in [1.82, 2.24) is 4.90 Å². The van der Waals surface area contributed by atoms with Gasteiger partial charge in [0.2, 0.25) is 0 Å². The van der Waals surface area contributed by atoms with Crippen LogP contribution in [0.15, 0.2) is 11.6 Å². The molecule has 2 heterocycles. The van der Waals surface area contributed by atoms with E-state index >= 15 is 0 Å². The maximum absolute atomic E-state index is 10.6. The zero-order chi connectivity index (χ0) is 10.1. The molecule has 2 fully saturated rings. The molecule has 2 aliphatic heterocycles. The van der Waals surface area contributed by atoms with Crippen LogP contribution in [0.1, 0.15) is 32.1 Å². The first-order chi connectivity index (χ1) is 6.66. The molecule has 2 rings (SSSR count). The second-order valence-electron chi connectivity index (χ2n) is 4.45. The number of fused-ring (bicyclic) bond motifs is 2. The van der Waals surface area contributed by atoms with Gasteiger partial charge in [0, 0.05) is 18.2 Å². The summed E-state index contributed by atoms with van der Waals surface area (Å²) in [6.45, 7) is 0. The molecule has 2 bridgehead atoms. The lowest BCUT2D eigenvalue weighted by molar-refractivity contribution is -0.131. The molecular weight excluding hydrogens is 178 g/mol. The largest absolute Gasteiger partial charge is 0.478 e. The lowest BCUT2D eigenvalue weighted by Gasteiger charge is -2.44. The highest BCUT2D eigenvalue weighted by Gasteiger charge is 2.33. The number of aliphatic carboxylic acids is 1. The van der Waals surface area contributed by atoms with E-state index in [1.54, 1.807) is 0 Å². The van der Waals surface area contributed by atoms with Crippen molar-refractivity contribution in [2.75, 3.05) is 7.05 Å². The van der Waals surface area contributed by atoms with Crippen molar-refractivity contribution in [1.29, 1.82) is 0 Å². The van der Waals surface area contributed by atoms with Gasteiger partial charge in [-0.25, -0.2) is 4.79 Å². The van der Waals surface area contributed by atoms with Gasteiger partial charge in [0.1, 0.15) is 0 Å². The van der Waals surface area contributed by atoms with E-state index in [9.17, 15) is 4.79 Å². The van der Waals surface area contributed by atoms with Crippen molar-refractivity contribution in [3.05, 3.63) is 11.6 Å². The number of carbonyl (C=O) groups is 1. The van der Waals surface area contributed by atoms with Crippen LogP contribution in [0.3, 0.4) is 0 Å². The summed E-state index contributed by atoms with van der Waals surface area (Å²) >= 11 is 0. The van der Waals surface area contributed by atoms with Crippen LogP contribution >= 0.6 is 0 Å². The SMILES string of the molecule is CN1C2CCCC1CC(=CC(=O)O)C2. The van der Waals surface area contributed by atoms with Crippen molar-refractivity contribution in [3.8, 4) is 0 Å². The highest BCUT2D eigenvalue weighted by Crippen LogP contribution is 2.35. The standard InChI is InChI=1S/C11H17NO2/c1-12-9-3-2-4-10(12)6-8(5-9)7-11(13)14/h7,9-10H,2-6H2,1H3,(H,13,14). The highest BCUT2D eigenvalue weighted by atomic mass is 16.4. The van der Waals surface area contributed by atoms with Gasteiger partial charge in [-0.05, 0) is 32.7 Å². The summed E-state index contributed by atoms with van der Waals surface area (Å²) in [5, 5.41) is 8.70. The van der Waals surface area contributed by atoms with Gasteiger partial charge in [0.25, 0.3) is 0 Å². The molecule has 2 aliphatic rings. The van der Waals surface area contributed by atoms with Crippen molar-refractivity contribution in [2.24, 2.45) is 0 Å². The van der Waals surface area contributed by atoms with Gasteiger partial charge in [-0.3, -0.25) is 4.90 Å². The van der Waals surface area contributed by atoms with E-state index in [0.29, 0.717) is 12.1 Å². The Morgan fingerprint density at radius 2 is 2.00 bits per heavy atom. The number of rotatable bonds is 1. The molecule has 3 heteroatoms. The Bertz CT molecular complexity index is 256. The third kappa shape index (κ3) is 1.82. The number of carboxylic acid groups (broad SMARTS) is 1. The van der Waals surface area contributed by atoms with E-state index in [4.69, 9.17) is 5.11 Å². The predicted molar refractivity (Wildman–Crippen MR) is 54.1 cm³/mol. The smallest absolute Gasteiger partial charge is 0.328 e. The fourth-order valence-electron chi connectivity index (χ4n) is 2.77. The molecule has 0 aliphatic carbocycles. The highest BCUT2D eigenvalue weighted by molar-refractivity contribution is 5.80. The van der Waals surface area contributed by atoms with Crippen LogP contribution in [0.2, 0.25) is 0 Å². The lowest BCUT2D eigenvalue weighted by atomic mass is 9.82. The Hall–Kier alpha value is -0.830. The summed E-state index contributed by atoms with van der Waals surface area (Å²) in [6.07, 6.45) is 7.09. The van der Waals surface area contributed by atoms with Crippen molar-refractivity contribution in [3.63, 3.8) is 0 Å². The first-order valence-corrected chi connectivity index (χ1v) is 5.31. The number of carboxylic acids is 1. The summed E-state index contributed by atoms with van der Waals surface area (Å²) in [5.41, 5.74) is 1.13. The molecule has 0 aromatic carbocycles. The Morgan fingerprint density at radius 3 is 2.50 bits per heavy atom. The zero-order valence-electron chi connectivity index (χ0n) is 8.57. The van der Waals surface area contributed by atoms with E-state index < -0.39 is 5.97 Å². The second-order valence-corrected chi connectivity index (χ2v) is 4.45. The van der Waals surface area contributed by atoms with Crippen LogP contribution in [0, 0.1) is 0 Å². The molecule has 2 unspecified atom stereocenters. The molecular formula is C11H17NO2. The molecule has 3 nitrogen and oxygen atoms in total. The quantitative estimate of drug-likeness (QED) is 0.647. The topological polar surface area (TPSA) is 40.5 Å². The maximum Gasteiger partial charge on any atom is 0.328 e.